The van der Waals surface area contributed by atoms with E-state index in [1.807, 2.05) is 24.3 Å². The molecule has 0 spiro atoms. The van der Waals surface area contributed by atoms with Crippen LogP contribution in [0.3, 0.4) is 0 Å². The van der Waals surface area contributed by atoms with Gasteiger partial charge in [0.2, 0.25) is 0 Å². The maximum atomic E-state index is 5.98. The van der Waals surface area contributed by atoms with Crippen LogP contribution in [-0.2, 0) is 0 Å². The molecular formula is C16H23N3. The zero-order chi connectivity index (χ0) is 12.8. The van der Waals surface area contributed by atoms with E-state index in [9.17, 15) is 0 Å². The molecule has 4 saturated carbocycles. The Labute approximate surface area is 114 Å². The molecule has 1 aromatic carbocycles. The first-order chi connectivity index (χ1) is 9.29. The van der Waals surface area contributed by atoms with Crippen molar-refractivity contribution in [1.82, 2.24) is 5.43 Å². The van der Waals surface area contributed by atoms with Crippen LogP contribution in [0.15, 0.2) is 24.3 Å². The van der Waals surface area contributed by atoms with E-state index in [4.69, 9.17) is 5.73 Å². The standard InChI is InChI=1S/C16H23N3/c17-14-3-1-2-4-15(14)18-19-16-12-6-10-5-11(8-12)9-13(16)7-10/h1-4,10-13,16,18-19H,5-9,17H2. The summed E-state index contributed by atoms with van der Waals surface area (Å²) in [5, 5.41) is 0. The van der Waals surface area contributed by atoms with Gasteiger partial charge in [0.05, 0.1) is 11.4 Å². The lowest BCUT2D eigenvalue weighted by atomic mass is 9.54. The van der Waals surface area contributed by atoms with E-state index >= 15 is 0 Å². The number of hydrogen-bond acceptors (Lipinski definition) is 3. The van der Waals surface area contributed by atoms with Crippen molar-refractivity contribution in [2.75, 3.05) is 11.2 Å². The van der Waals surface area contributed by atoms with Gasteiger partial charge in [-0.3, -0.25) is 0 Å². The van der Waals surface area contributed by atoms with Crippen LogP contribution in [0.5, 0.6) is 0 Å². The fraction of sp³-hybridized carbons (Fsp3) is 0.625. The molecule has 0 radical (unpaired) electrons. The molecule has 102 valence electrons. The van der Waals surface area contributed by atoms with Gasteiger partial charge in [-0.25, -0.2) is 5.43 Å². The number of rotatable bonds is 3. The second-order valence-electron chi connectivity index (χ2n) is 6.81. The molecule has 5 rings (SSSR count). The number of para-hydroxylation sites is 2. The van der Waals surface area contributed by atoms with Crippen LogP contribution in [0.2, 0.25) is 0 Å². The third-order valence-electron chi connectivity index (χ3n) is 5.56. The lowest BCUT2D eigenvalue weighted by Gasteiger charge is -2.54. The lowest BCUT2D eigenvalue weighted by Crippen LogP contribution is -2.55. The molecule has 4 fully saturated rings. The molecule has 19 heavy (non-hydrogen) atoms. The Morgan fingerprint density at radius 3 is 2.16 bits per heavy atom. The lowest BCUT2D eigenvalue weighted by molar-refractivity contribution is -0.0110. The van der Waals surface area contributed by atoms with Crippen LogP contribution in [0.4, 0.5) is 11.4 Å². The summed E-state index contributed by atoms with van der Waals surface area (Å²) in [4.78, 5) is 0. The summed E-state index contributed by atoms with van der Waals surface area (Å²) in [5.74, 6) is 3.83. The predicted octanol–water partition coefficient (Wildman–Crippen LogP) is 3.01. The molecular weight excluding hydrogens is 234 g/mol. The van der Waals surface area contributed by atoms with Crippen LogP contribution >= 0.6 is 0 Å². The third-order valence-corrected chi connectivity index (χ3v) is 5.56. The van der Waals surface area contributed by atoms with Gasteiger partial charge in [0.15, 0.2) is 0 Å². The largest absolute Gasteiger partial charge is 0.397 e. The molecule has 3 nitrogen and oxygen atoms in total. The maximum Gasteiger partial charge on any atom is 0.0718 e. The molecule has 4 aliphatic carbocycles. The number of benzene rings is 1. The average Bonchev–Trinajstić information content (AvgIpc) is 2.39. The number of nitrogen functional groups attached to an aromatic ring is 1. The van der Waals surface area contributed by atoms with Gasteiger partial charge < -0.3 is 11.2 Å². The predicted molar refractivity (Wildman–Crippen MR) is 78.4 cm³/mol. The average molecular weight is 257 g/mol. The second-order valence-corrected chi connectivity index (χ2v) is 6.81. The molecule has 0 aliphatic heterocycles. The van der Waals surface area contributed by atoms with Gasteiger partial charge in [0.25, 0.3) is 0 Å². The van der Waals surface area contributed by atoms with E-state index < -0.39 is 0 Å². The smallest absolute Gasteiger partial charge is 0.0718 e. The summed E-state index contributed by atoms with van der Waals surface area (Å²) in [7, 11) is 0. The Balaban J connectivity index is 1.45. The number of nitrogens with two attached hydrogens (primary N) is 1. The molecule has 4 aliphatic rings. The Kier molecular flexibility index (Phi) is 2.69. The first-order valence-corrected chi connectivity index (χ1v) is 7.65. The second kappa shape index (κ2) is 4.41. The Morgan fingerprint density at radius 1 is 0.895 bits per heavy atom. The van der Waals surface area contributed by atoms with Crippen molar-refractivity contribution >= 4 is 11.4 Å². The highest BCUT2D eigenvalue weighted by atomic mass is 15.4. The highest BCUT2D eigenvalue weighted by Crippen LogP contribution is 2.53. The quantitative estimate of drug-likeness (QED) is 0.576. The minimum absolute atomic E-state index is 0.646. The van der Waals surface area contributed by atoms with Gasteiger partial charge in [-0.1, -0.05) is 12.1 Å². The summed E-state index contributed by atoms with van der Waals surface area (Å²) in [6.45, 7) is 0. The Morgan fingerprint density at radius 2 is 1.53 bits per heavy atom. The Hall–Kier alpha value is -1.22. The van der Waals surface area contributed by atoms with Crippen LogP contribution in [-0.4, -0.2) is 6.04 Å². The number of nitrogens with one attached hydrogen (secondary N) is 2. The van der Waals surface area contributed by atoms with E-state index in [1.54, 1.807) is 0 Å². The molecule has 4 N–H and O–H groups in total. The van der Waals surface area contributed by atoms with Crippen LogP contribution < -0.4 is 16.6 Å². The normalized spacial score (nSPS) is 39.5. The van der Waals surface area contributed by atoms with Crippen molar-refractivity contribution in [2.24, 2.45) is 23.7 Å². The fourth-order valence-corrected chi connectivity index (χ4v) is 4.93. The minimum atomic E-state index is 0.646. The first-order valence-electron chi connectivity index (χ1n) is 7.65. The van der Waals surface area contributed by atoms with Gasteiger partial charge in [0.1, 0.15) is 0 Å². The third kappa shape index (κ3) is 2.00. The minimum Gasteiger partial charge on any atom is -0.397 e. The van der Waals surface area contributed by atoms with Crippen molar-refractivity contribution in [3.8, 4) is 0 Å². The molecule has 0 amide bonds. The topological polar surface area (TPSA) is 50.1 Å². The van der Waals surface area contributed by atoms with Gasteiger partial charge in [-0.05, 0) is 67.9 Å². The Bertz CT molecular complexity index is 443. The molecule has 4 bridgehead atoms. The van der Waals surface area contributed by atoms with Gasteiger partial charge in [0, 0.05) is 6.04 Å². The van der Waals surface area contributed by atoms with Gasteiger partial charge in [-0.15, -0.1) is 0 Å². The van der Waals surface area contributed by atoms with E-state index in [0.29, 0.717) is 6.04 Å². The van der Waals surface area contributed by atoms with Gasteiger partial charge >= 0.3 is 0 Å². The van der Waals surface area contributed by atoms with Crippen molar-refractivity contribution in [1.29, 1.82) is 0 Å². The van der Waals surface area contributed by atoms with Crippen LogP contribution in [0.25, 0.3) is 0 Å². The summed E-state index contributed by atoms with van der Waals surface area (Å²) in [5.41, 5.74) is 14.8. The van der Waals surface area contributed by atoms with Crippen LogP contribution in [0, 0.1) is 23.7 Å². The zero-order valence-electron chi connectivity index (χ0n) is 11.3. The van der Waals surface area contributed by atoms with E-state index in [0.717, 1.165) is 35.0 Å². The summed E-state index contributed by atoms with van der Waals surface area (Å²) in [6.07, 6.45) is 7.28. The van der Waals surface area contributed by atoms with E-state index in [-0.39, 0.29) is 0 Å². The molecule has 0 heterocycles. The summed E-state index contributed by atoms with van der Waals surface area (Å²) >= 11 is 0. The van der Waals surface area contributed by atoms with E-state index in [1.165, 1.54) is 32.1 Å². The van der Waals surface area contributed by atoms with Crippen molar-refractivity contribution in [3.63, 3.8) is 0 Å². The first kappa shape index (κ1) is 11.6. The van der Waals surface area contributed by atoms with Crippen LogP contribution in [0.1, 0.15) is 32.1 Å². The highest BCUT2D eigenvalue weighted by Gasteiger charge is 2.48. The molecule has 0 unspecified atom stereocenters. The van der Waals surface area contributed by atoms with Crippen molar-refractivity contribution in [2.45, 2.75) is 38.1 Å². The number of hydrazine groups is 1. The number of hydrogen-bond donors (Lipinski definition) is 3. The van der Waals surface area contributed by atoms with Crippen molar-refractivity contribution in [3.05, 3.63) is 24.3 Å². The zero-order valence-corrected chi connectivity index (χ0v) is 11.3. The molecule has 0 atom stereocenters. The molecule has 0 aromatic heterocycles. The fourth-order valence-electron chi connectivity index (χ4n) is 4.93. The molecule has 1 aromatic rings. The highest BCUT2D eigenvalue weighted by molar-refractivity contribution is 5.65. The maximum absolute atomic E-state index is 5.98. The monoisotopic (exact) mass is 257 g/mol. The molecule has 0 saturated heterocycles. The van der Waals surface area contributed by atoms with Gasteiger partial charge in [-0.2, -0.15) is 0 Å². The van der Waals surface area contributed by atoms with Crippen molar-refractivity contribution < 1.29 is 0 Å². The summed E-state index contributed by atoms with van der Waals surface area (Å²) in [6, 6.07) is 8.63. The molecule has 3 heteroatoms. The SMILES string of the molecule is Nc1ccccc1NNC1C2CC3CC(C2)CC1C3. The van der Waals surface area contributed by atoms with E-state index in [2.05, 4.69) is 10.9 Å². The summed E-state index contributed by atoms with van der Waals surface area (Å²) < 4.78 is 0. The number of anilines is 2.